The lowest BCUT2D eigenvalue weighted by atomic mass is 10.0. The van der Waals surface area contributed by atoms with Crippen LogP contribution in [0.4, 0.5) is 5.82 Å². The van der Waals surface area contributed by atoms with E-state index in [0.29, 0.717) is 92.1 Å². The SMILES string of the molecule is Nc1ncnc2c1c(-c1ccc(Oc3ccccc3)cc1)nn2[C@@H]1CCCN(C(=O)COCCOCCOCCSc2cccc3c2CN(C2CCC(=O)NC2=O)C3=O)C1. The maximum atomic E-state index is 13.2. The Hall–Kier alpha value is -5.88. The molecule has 2 aromatic heterocycles. The van der Waals surface area contributed by atoms with Crippen molar-refractivity contribution >= 4 is 52.2 Å². The van der Waals surface area contributed by atoms with Gasteiger partial charge < -0.3 is 34.5 Å². The van der Waals surface area contributed by atoms with Crippen LogP contribution in [0.2, 0.25) is 0 Å². The van der Waals surface area contributed by atoms with Crippen molar-refractivity contribution in [3.8, 4) is 22.8 Å². The summed E-state index contributed by atoms with van der Waals surface area (Å²) in [6, 6.07) is 22.1. The van der Waals surface area contributed by atoms with Crippen LogP contribution in [-0.2, 0) is 35.1 Å². The van der Waals surface area contributed by atoms with Crippen molar-refractivity contribution in [1.82, 2.24) is 34.9 Å². The zero-order valence-electron chi connectivity index (χ0n) is 33.0. The van der Waals surface area contributed by atoms with Crippen LogP contribution in [-0.4, -0.2) is 118 Å². The molecule has 0 spiro atoms. The molecule has 5 heterocycles. The van der Waals surface area contributed by atoms with E-state index in [1.165, 1.54) is 6.33 Å². The number of ether oxygens (including phenoxy) is 4. The number of hydrogen-bond donors (Lipinski definition) is 2. The fourth-order valence-electron chi connectivity index (χ4n) is 7.73. The molecule has 0 saturated carbocycles. The average molecular weight is 835 g/mol. The highest BCUT2D eigenvalue weighted by molar-refractivity contribution is 7.99. The van der Waals surface area contributed by atoms with Gasteiger partial charge in [-0.05, 0) is 73.4 Å². The first-order chi connectivity index (χ1) is 29.3. The molecule has 8 rings (SSSR count). The first-order valence-corrected chi connectivity index (χ1v) is 21.0. The molecule has 2 atom stereocenters. The quantitative estimate of drug-likeness (QED) is 0.0749. The molecular formula is C43H46N8O8S. The number of para-hydroxylation sites is 1. The van der Waals surface area contributed by atoms with Crippen molar-refractivity contribution in [2.45, 2.75) is 49.2 Å². The summed E-state index contributed by atoms with van der Waals surface area (Å²) < 4.78 is 24.9. The summed E-state index contributed by atoms with van der Waals surface area (Å²) in [6.07, 6.45) is 3.61. The van der Waals surface area contributed by atoms with Crippen LogP contribution in [0.25, 0.3) is 22.3 Å². The van der Waals surface area contributed by atoms with Crippen molar-refractivity contribution in [2.75, 3.05) is 64.2 Å². The van der Waals surface area contributed by atoms with Gasteiger partial charge in [0.15, 0.2) is 5.65 Å². The molecule has 3 aromatic carbocycles. The number of hydrogen-bond acceptors (Lipinski definition) is 13. The van der Waals surface area contributed by atoms with Crippen LogP contribution >= 0.6 is 11.8 Å². The van der Waals surface area contributed by atoms with E-state index in [2.05, 4.69) is 15.3 Å². The van der Waals surface area contributed by atoms with Gasteiger partial charge in [-0.25, -0.2) is 14.6 Å². The largest absolute Gasteiger partial charge is 0.457 e. The van der Waals surface area contributed by atoms with Crippen molar-refractivity contribution in [3.63, 3.8) is 0 Å². The second kappa shape index (κ2) is 19.0. The first kappa shape index (κ1) is 40.9. The molecular weight excluding hydrogens is 789 g/mol. The highest BCUT2D eigenvalue weighted by Gasteiger charge is 2.40. The minimum Gasteiger partial charge on any atom is -0.457 e. The number of fused-ring (bicyclic) bond motifs is 2. The number of nitrogens with one attached hydrogen (secondary N) is 1. The van der Waals surface area contributed by atoms with E-state index in [-0.39, 0.29) is 43.4 Å². The smallest absolute Gasteiger partial charge is 0.255 e. The summed E-state index contributed by atoms with van der Waals surface area (Å²) in [5, 5.41) is 8.00. The van der Waals surface area contributed by atoms with Gasteiger partial charge in [0.25, 0.3) is 5.91 Å². The summed E-state index contributed by atoms with van der Waals surface area (Å²) in [5.74, 6) is 1.44. The van der Waals surface area contributed by atoms with Crippen molar-refractivity contribution < 1.29 is 38.1 Å². The molecule has 60 heavy (non-hydrogen) atoms. The Kier molecular flexibility index (Phi) is 13.0. The van der Waals surface area contributed by atoms with E-state index in [1.807, 2.05) is 76.3 Å². The lowest BCUT2D eigenvalue weighted by Gasteiger charge is -2.33. The van der Waals surface area contributed by atoms with E-state index in [4.69, 9.17) is 29.8 Å². The average Bonchev–Trinajstić information content (AvgIpc) is 3.82. The molecule has 2 saturated heterocycles. The third-order valence-electron chi connectivity index (χ3n) is 10.7. The minimum absolute atomic E-state index is 0.0541. The molecule has 312 valence electrons. The zero-order chi connectivity index (χ0) is 41.4. The minimum atomic E-state index is -0.642. The summed E-state index contributed by atoms with van der Waals surface area (Å²) in [7, 11) is 0. The molecule has 3 aliphatic rings. The molecule has 0 bridgehead atoms. The summed E-state index contributed by atoms with van der Waals surface area (Å²) in [6.45, 7) is 3.23. The van der Waals surface area contributed by atoms with Gasteiger partial charge >= 0.3 is 0 Å². The lowest BCUT2D eigenvalue weighted by Crippen LogP contribution is -2.52. The van der Waals surface area contributed by atoms with Crippen molar-refractivity contribution in [2.24, 2.45) is 0 Å². The van der Waals surface area contributed by atoms with E-state index in [1.54, 1.807) is 22.7 Å². The second-order valence-corrected chi connectivity index (χ2v) is 15.8. The highest BCUT2D eigenvalue weighted by atomic mass is 32.2. The monoisotopic (exact) mass is 834 g/mol. The first-order valence-electron chi connectivity index (χ1n) is 20.1. The molecule has 3 aliphatic heterocycles. The Labute approximate surface area is 350 Å². The number of thioether (sulfide) groups is 1. The number of imide groups is 1. The van der Waals surface area contributed by atoms with Crippen LogP contribution in [0.5, 0.6) is 11.5 Å². The molecule has 17 heteroatoms. The van der Waals surface area contributed by atoms with E-state index >= 15 is 0 Å². The Balaban J connectivity index is 0.741. The van der Waals surface area contributed by atoms with Crippen LogP contribution in [0.15, 0.2) is 84.0 Å². The van der Waals surface area contributed by atoms with Gasteiger partial charge in [-0.2, -0.15) is 5.10 Å². The van der Waals surface area contributed by atoms with Crippen molar-refractivity contribution in [3.05, 3.63) is 90.3 Å². The van der Waals surface area contributed by atoms with Crippen molar-refractivity contribution in [1.29, 1.82) is 0 Å². The number of aromatic nitrogens is 4. The third-order valence-corrected chi connectivity index (χ3v) is 11.8. The fourth-order valence-corrected chi connectivity index (χ4v) is 8.68. The van der Waals surface area contributed by atoms with Crippen LogP contribution < -0.4 is 15.8 Å². The van der Waals surface area contributed by atoms with Gasteiger partial charge in [-0.15, -0.1) is 11.8 Å². The molecule has 2 fully saturated rings. The number of benzene rings is 3. The number of carbonyl (C=O) groups excluding carboxylic acids is 4. The number of piperidine rings is 2. The summed E-state index contributed by atoms with van der Waals surface area (Å²) in [4.78, 5) is 63.4. The van der Waals surface area contributed by atoms with E-state index in [0.717, 1.165) is 34.6 Å². The molecule has 5 aromatic rings. The second-order valence-electron chi connectivity index (χ2n) is 14.6. The summed E-state index contributed by atoms with van der Waals surface area (Å²) in [5.41, 5.74) is 10.0. The number of rotatable bonds is 17. The van der Waals surface area contributed by atoms with Crippen LogP contribution in [0.1, 0.15) is 47.6 Å². The van der Waals surface area contributed by atoms with Gasteiger partial charge in [0.1, 0.15) is 42.0 Å². The number of carbonyl (C=O) groups is 4. The van der Waals surface area contributed by atoms with Gasteiger partial charge in [0, 0.05) is 47.8 Å². The Bertz CT molecular complexity index is 2340. The van der Waals surface area contributed by atoms with Gasteiger partial charge in [0.2, 0.25) is 17.7 Å². The normalized spacial score (nSPS) is 17.9. The van der Waals surface area contributed by atoms with E-state index < -0.39 is 11.9 Å². The number of likely N-dealkylation sites (tertiary alicyclic amines) is 1. The predicted molar refractivity (Wildman–Crippen MR) is 222 cm³/mol. The highest BCUT2D eigenvalue weighted by Crippen LogP contribution is 2.36. The molecule has 1 unspecified atom stereocenters. The Morgan fingerprint density at radius 2 is 1.63 bits per heavy atom. The fraction of sp³-hybridized carbons (Fsp3) is 0.372. The van der Waals surface area contributed by atoms with E-state index in [9.17, 15) is 19.2 Å². The van der Waals surface area contributed by atoms with Gasteiger partial charge in [-0.1, -0.05) is 24.3 Å². The van der Waals surface area contributed by atoms with Crippen LogP contribution in [0, 0.1) is 0 Å². The molecule has 0 aliphatic carbocycles. The summed E-state index contributed by atoms with van der Waals surface area (Å²) >= 11 is 1.59. The molecule has 3 N–H and O–H groups in total. The maximum absolute atomic E-state index is 13.2. The number of nitrogen functional groups attached to an aromatic ring is 1. The number of anilines is 1. The lowest BCUT2D eigenvalue weighted by molar-refractivity contribution is -0.138. The van der Waals surface area contributed by atoms with Crippen LogP contribution in [0.3, 0.4) is 0 Å². The standard InChI is InChI=1S/C43H46N8O8S/c44-40-38-39(28-11-13-31(14-12-28)59-30-7-2-1-3-8-30)48-51(41(38)46-27-45-40)29-6-5-17-49(24-29)37(53)26-58-21-20-56-18-19-57-22-23-60-35-10-4-9-32-33(35)25-50(43(32)55)34-15-16-36(52)47-42(34)54/h1-4,7-14,27,29,34H,5-6,15-26H2,(H2,44,45,46)(H,47,52,54)/t29-,34?/m1/s1. The Morgan fingerprint density at radius 3 is 2.43 bits per heavy atom. The molecule has 4 amide bonds. The Morgan fingerprint density at radius 1 is 0.867 bits per heavy atom. The number of nitrogens with two attached hydrogens (primary N) is 1. The number of amides is 4. The van der Waals surface area contributed by atoms with Gasteiger partial charge in [-0.3, -0.25) is 24.5 Å². The topological polar surface area (TPSA) is 193 Å². The number of nitrogens with zero attached hydrogens (tertiary/aromatic N) is 6. The molecule has 16 nitrogen and oxygen atoms in total. The third kappa shape index (κ3) is 9.28. The molecule has 0 radical (unpaired) electrons. The zero-order valence-corrected chi connectivity index (χ0v) is 33.8. The van der Waals surface area contributed by atoms with Gasteiger partial charge in [0.05, 0.1) is 44.5 Å². The maximum Gasteiger partial charge on any atom is 0.255 e. The predicted octanol–water partition coefficient (Wildman–Crippen LogP) is 4.63.